The summed E-state index contributed by atoms with van der Waals surface area (Å²) in [6.45, 7) is -0.217. The van der Waals surface area contributed by atoms with Crippen LogP contribution in [0.5, 0.6) is 0 Å². The monoisotopic (exact) mass is 177 g/mol. The molecule has 7 nitrogen and oxygen atoms in total. The highest BCUT2D eigenvalue weighted by atomic mass is 16.6. The molecule has 0 aromatic rings. The molecule has 0 radical (unpaired) electrons. The molecule has 2 amide bonds. The summed E-state index contributed by atoms with van der Waals surface area (Å²) >= 11 is 0. The summed E-state index contributed by atoms with van der Waals surface area (Å²) in [6.07, 6.45) is -1.85. The average molecular weight is 177 g/mol. The van der Waals surface area contributed by atoms with E-state index in [2.05, 4.69) is 20.9 Å². The first-order chi connectivity index (χ1) is 5.52. The summed E-state index contributed by atoms with van der Waals surface area (Å²) in [7, 11) is 0. The minimum atomic E-state index is -0.926. The van der Waals surface area contributed by atoms with Gasteiger partial charge in [0.05, 0.1) is 6.04 Å². The number of nitrogens with two attached hydrogens (primary N) is 3. The van der Waals surface area contributed by atoms with Crippen molar-refractivity contribution < 1.29 is 19.1 Å². The van der Waals surface area contributed by atoms with E-state index in [0.29, 0.717) is 0 Å². The normalized spacial score (nSPS) is 9.50. The predicted octanol–water partition coefficient (Wildman–Crippen LogP) is -1.50. The minimum absolute atomic E-state index is 0.109. The summed E-state index contributed by atoms with van der Waals surface area (Å²) in [5.41, 5.74) is 14.6. The van der Waals surface area contributed by atoms with Gasteiger partial charge in [0, 0.05) is 0 Å². The molecule has 0 heterocycles. The summed E-state index contributed by atoms with van der Waals surface area (Å²) in [6, 6.07) is -0.606. The molecule has 0 atom stereocenters. The van der Waals surface area contributed by atoms with Crippen molar-refractivity contribution in [3.8, 4) is 0 Å². The van der Waals surface area contributed by atoms with Crippen molar-refractivity contribution in [3.05, 3.63) is 0 Å². The van der Waals surface area contributed by atoms with Gasteiger partial charge in [-0.1, -0.05) is 0 Å². The molecule has 0 spiro atoms. The zero-order valence-electron chi connectivity index (χ0n) is 6.36. The second-order valence-corrected chi connectivity index (χ2v) is 2.02. The number of ether oxygens (including phenoxy) is 2. The smallest absolute Gasteiger partial charge is 0.404 e. The molecule has 0 rings (SSSR count). The molecule has 12 heavy (non-hydrogen) atoms. The molecule has 0 saturated carbocycles. The largest absolute Gasteiger partial charge is 0.448 e. The van der Waals surface area contributed by atoms with Crippen LogP contribution in [-0.4, -0.2) is 31.4 Å². The van der Waals surface area contributed by atoms with Crippen LogP contribution >= 0.6 is 0 Å². The summed E-state index contributed by atoms with van der Waals surface area (Å²) < 4.78 is 8.64. The molecule has 6 N–H and O–H groups in total. The lowest BCUT2D eigenvalue weighted by atomic mass is 10.4. The Morgan fingerprint density at radius 3 is 1.67 bits per heavy atom. The molecular weight excluding hydrogens is 166 g/mol. The molecule has 0 bridgehead atoms. The minimum Gasteiger partial charge on any atom is -0.448 e. The van der Waals surface area contributed by atoms with Crippen LogP contribution in [0.25, 0.3) is 0 Å². The molecule has 0 fully saturated rings. The Hall–Kier alpha value is -1.50. The second kappa shape index (κ2) is 5.19. The highest BCUT2D eigenvalue weighted by Crippen LogP contribution is 1.84. The van der Waals surface area contributed by atoms with Crippen LogP contribution in [0.4, 0.5) is 9.59 Å². The molecule has 0 aliphatic rings. The Balaban J connectivity index is 3.39. The zero-order chi connectivity index (χ0) is 9.56. The number of primary amides is 2. The summed E-state index contributed by atoms with van der Waals surface area (Å²) in [5, 5.41) is 0. The Kier molecular flexibility index (Phi) is 4.54. The van der Waals surface area contributed by atoms with Gasteiger partial charge in [-0.05, 0) is 0 Å². The van der Waals surface area contributed by atoms with Crippen LogP contribution in [0, 0.1) is 0 Å². The number of hydrogen-bond acceptors (Lipinski definition) is 5. The van der Waals surface area contributed by atoms with Gasteiger partial charge in [0.25, 0.3) is 0 Å². The molecule has 7 heteroatoms. The van der Waals surface area contributed by atoms with E-state index in [1.165, 1.54) is 0 Å². The van der Waals surface area contributed by atoms with Gasteiger partial charge in [0.1, 0.15) is 13.2 Å². The molecule has 0 aliphatic carbocycles. The van der Waals surface area contributed by atoms with E-state index < -0.39 is 18.2 Å². The molecule has 0 aromatic carbocycles. The SMILES string of the molecule is NC(=O)OCC(N)COC(N)=O. The van der Waals surface area contributed by atoms with Crippen molar-refractivity contribution >= 4 is 12.2 Å². The first kappa shape index (κ1) is 10.5. The third-order valence-corrected chi connectivity index (χ3v) is 0.879. The highest BCUT2D eigenvalue weighted by Gasteiger charge is 2.06. The van der Waals surface area contributed by atoms with E-state index in [-0.39, 0.29) is 13.2 Å². The van der Waals surface area contributed by atoms with Crippen molar-refractivity contribution in [2.24, 2.45) is 17.2 Å². The van der Waals surface area contributed by atoms with Gasteiger partial charge < -0.3 is 26.7 Å². The molecule has 0 unspecified atom stereocenters. The lowest BCUT2D eigenvalue weighted by molar-refractivity contribution is 0.117. The maximum absolute atomic E-state index is 10.1. The average Bonchev–Trinajstić information content (AvgIpc) is 1.96. The number of amides is 2. The van der Waals surface area contributed by atoms with E-state index in [1.54, 1.807) is 0 Å². The zero-order valence-corrected chi connectivity index (χ0v) is 6.36. The fraction of sp³-hybridized carbons (Fsp3) is 0.600. The number of hydrogen-bond donors (Lipinski definition) is 3. The van der Waals surface area contributed by atoms with Crippen molar-refractivity contribution in [2.75, 3.05) is 13.2 Å². The first-order valence-corrected chi connectivity index (χ1v) is 3.12. The quantitative estimate of drug-likeness (QED) is 0.481. The van der Waals surface area contributed by atoms with E-state index in [9.17, 15) is 9.59 Å². The lowest BCUT2D eigenvalue weighted by Gasteiger charge is -2.09. The first-order valence-electron chi connectivity index (χ1n) is 3.12. The van der Waals surface area contributed by atoms with Gasteiger partial charge in [0.2, 0.25) is 0 Å². The maximum Gasteiger partial charge on any atom is 0.404 e. The van der Waals surface area contributed by atoms with Crippen LogP contribution in [0.1, 0.15) is 0 Å². The highest BCUT2D eigenvalue weighted by molar-refractivity contribution is 5.65. The molecule has 0 aromatic heterocycles. The Morgan fingerprint density at radius 1 is 1.08 bits per heavy atom. The lowest BCUT2D eigenvalue weighted by Crippen LogP contribution is -2.35. The molecule has 0 aliphatic heterocycles. The third-order valence-electron chi connectivity index (χ3n) is 0.879. The van der Waals surface area contributed by atoms with Crippen molar-refractivity contribution in [3.63, 3.8) is 0 Å². The summed E-state index contributed by atoms with van der Waals surface area (Å²) in [5.74, 6) is 0. The van der Waals surface area contributed by atoms with Crippen molar-refractivity contribution in [1.82, 2.24) is 0 Å². The van der Waals surface area contributed by atoms with Crippen molar-refractivity contribution in [1.29, 1.82) is 0 Å². The van der Waals surface area contributed by atoms with Gasteiger partial charge in [-0.15, -0.1) is 0 Å². The number of rotatable bonds is 4. The van der Waals surface area contributed by atoms with E-state index >= 15 is 0 Å². The van der Waals surface area contributed by atoms with Gasteiger partial charge in [-0.3, -0.25) is 0 Å². The van der Waals surface area contributed by atoms with Crippen LogP contribution in [0.2, 0.25) is 0 Å². The predicted molar refractivity (Wildman–Crippen MR) is 39.0 cm³/mol. The van der Waals surface area contributed by atoms with Crippen LogP contribution < -0.4 is 17.2 Å². The van der Waals surface area contributed by atoms with E-state index in [0.717, 1.165) is 0 Å². The van der Waals surface area contributed by atoms with Crippen LogP contribution in [0.3, 0.4) is 0 Å². The standard InChI is InChI=1S/C5H11N3O4/c6-3(1-11-4(7)9)2-12-5(8)10/h3H,1-2,6H2,(H2,7,9)(H2,8,10). The Labute approximate surface area is 68.8 Å². The fourth-order valence-electron chi connectivity index (χ4n) is 0.426. The van der Waals surface area contributed by atoms with E-state index in [4.69, 9.17) is 5.73 Å². The van der Waals surface area contributed by atoms with Crippen LogP contribution in [0.15, 0.2) is 0 Å². The van der Waals surface area contributed by atoms with Crippen molar-refractivity contribution in [2.45, 2.75) is 6.04 Å². The van der Waals surface area contributed by atoms with Gasteiger partial charge in [-0.2, -0.15) is 0 Å². The molecular formula is C5H11N3O4. The fourth-order valence-corrected chi connectivity index (χ4v) is 0.426. The topological polar surface area (TPSA) is 131 Å². The Morgan fingerprint density at radius 2 is 1.42 bits per heavy atom. The van der Waals surface area contributed by atoms with Crippen LogP contribution in [-0.2, 0) is 9.47 Å². The van der Waals surface area contributed by atoms with Gasteiger partial charge in [-0.25, -0.2) is 9.59 Å². The maximum atomic E-state index is 10.1. The van der Waals surface area contributed by atoms with E-state index in [1.807, 2.05) is 0 Å². The second-order valence-electron chi connectivity index (χ2n) is 2.02. The molecule has 70 valence electrons. The van der Waals surface area contributed by atoms with Gasteiger partial charge >= 0.3 is 12.2 Å². The van der Waals surface area contributed by atoms with Gasteiger partial charge in [0.15, 0.2) is 0 Å². The number of carbonyl (C=O) groups is 2. The number of carbonyl (C=O) groups excluding carboxylic acids is 2. The molecule has 0 saturated heterocycles. The summed E-state index contributed by atoms with van der Waals surface area (Å²) in [4.78, 5) is 20.1. The third kappa shape index (κ3) is 6.62. The Bertz CT molecular complexity index is 154.